The number of aryl methyl sites for hydroxylation is 1. The number of likely N-dealkylation sites (tertiary alicyclic amines) is 1. The first kappa shape index (κ1) is 25.3. The van der Waals surface area contributed by atoms with Gasteiger partial charge in [-0.05, 0) is 97.2 Å². The molecule has 1 aliphatic carbocycles. The maximum atomic E-state index is 15.1. The van der Waals surface area contributed by atoms with Gasteiger partial charge in [0.2, 0.25) is 0 Å². The Bertz CT molecular complexity index is 1580. The van der Waals surface area contributed by atoms with Gasteiger partial charge in [-0.3, -0.25) is 10.2 Å². The smallest absolute Gasteiger partial charge is 0.276 e. The molecule has 1 amide bonds. The van der Waals surface area contributed by atoms with Crippen LogP contribution in [0.4, 0.5) is 10.1 Å². The molecule has 2 fully saturated rings. The molecule has 4 aromatic rings. The van der Waals surface area contributed by atoms with E-state index in [1.807, 2.05) is 48.5 Å². The number of rotatable bonds is 4. The van der Waals surface area contributed by atoms with Crippen LogP contribution in [0.25, 0.3) is 16.5 Å². The molecule has 2 unspecified atom stereocenters. The number of nitrogens with one attached hydrogen (secondary N) is 1. The third kappa shape index (κ3) is 4.60. The van der Waals surface area contributed by atoms with Crippen molar-refractivity contribution in [3.05, 3.63) is 89.5 Å². The van der Waals surface area contributed by atoms with E-state index >= 15 is 4.39 Å². The number of amides is 1. The van der Waals surface area contributed by atoms with Crippen LogP contribution in [0, 0.1) is 29.5 Å². The number of anilines is 1. The van der Waals surface area contributed by atoms with Gasteiger partial charge in [0, 0.05) is 31.4 Å². The largest absolute Gasteiger partial charge is 0.357 e. The summed E-state index contributed by atoms with van der Waals surface area (Å²) in [5.74, 6) is 0.632. The molecule has 6 nitrogen and oxygen atoms in total. The first-order valence-electron chi connectivity index (χ1n) is 13.7. The molecular formula is C32H34FN5O. The molecule has 2 heterocycles. The summed E-state index contributed by atoms with van der Waals surface area (Å²) in [6.45, 7) is 5.99. The van der Waals surface area contributed by atoms with E-state index in [1.54, 1.807) is 31.0 Å². The molecule has 1 saturated heterocycles. The fraction of sp³-hybridized carbons (Fsp3) is 0.344. The van der Waals surface area contributed by atoms with Gasteiger partial charge in [0.1, 0.15) is 23.0 Å². The minimum atomic E-state index is -0.438. The van der Waals surface area contributed by atoms with Gasteiger partial charge in [0.15, 0.2) is 0 Å². The summed E-state index contributed by atoms with van der Waals surface area (Å²) in [5, 5.41) is 14.9. The zero-order chi connectivity index (χ0) is 27.3. The SMILES string of the molecule is Cc1cc(C(=O)N(C)c2ccc(C(=N)N3CCCC4(CC3)CC4C)cc2)n(-c2cc3ccccc3cc2F)n1. The van der Waals surface area contributed by atoms with E-state index in [0.717, 1.165) is 48.2 Å². The van der Waals surface area contributed by atoms with Crippen LogP contribution in [0.15, 0.2) is 66.7 Å². The van der Waals surface area contributed by atoms with Crippen molar-refractivity contribution >= 4 is 28.2 Å². The van der Waals surface area contributed by atoms with Gasteiger partial charge in [-0.15, -0.1) is 0 Å². The van der Waals surface area contributed by atoms with Crippen molar-refractivity contribution in [2.45, 2.75) is 39.5 Å². The Balaban J connectivity index is 1.22. The lowest BCUT2D eigenvalue weighted by Crippen LogP contribution is -2.32. The third-order valence-electron chi connectivity index (χ3n) is 8.82. The molecule has 1 aliphatic heterocycles. The lowest BCUT2D eigenvalue weighted by atomic mass is 9.95. The lowest BCUT2D eigenvalue weighted by molar-refractivity contribution is 0.0985. The monoisotopic (exact) mass is 523 g/mol. The van der Waals surface area contributed by atoms with Crippen molar-refractivity contribution in [2.75, 3.05) is 25.0 Å². The van der Waals surface area contributed by atoms with Gasteiger partial charge in [-0.1, -0.05) is 31.2 Å². The van der Waals surface area contributed by atoms with Crippen LogP contribution in [0.1, 0.15) is 54.4 Å². The zero-order valence-electron chi connectivity index (χ0n) is 22.7. The molecule has 1 aromatic heterocycles. The Morgan fingerprint density at radius 1 is 1.05 bits per heavy atom. The molecule has 7 heteroatoms. The van der Waals surface area contributed by atoms with E-state index in [1.165, 1.54) is 23.6 Å². The summed E-state index contributed by atoms with van der Waals surface area (Å²) in [5.41, 5.74) is 3.21. The second-order valence-electron chi connectivity index (χ2n) is 11.3. The summed E-state index contributed by atoms with van der Waals surface area (Å²) in [6, 6.07) is 20.0. The number of carbonyl (C=O) groups excluding carboxylic acids is 1. The summed E-state index contributed by atoms with van der Waals surface area (Å²) in [7, 11) is 1.71. The van der Waals surface area contributed by atoms with Crippen LogP contribution < -0.4 is 4.90 Å². The quantitative estimate of drug-likeness (QED) is 0.243. The number of hydrogen-bond acceptors (Lipinski definition) is 3. The minimum absolute atomic E-state index is 0.238. The summed E-state index contributed by atoms with van der Waals surface area (Å²) in [4.78, 5) is 17.4. The molecule has 1 N–H and O–H groups in total. The number of fused-ring (bicyclic) bond motifs is 1. The number of nitrogens with zero attached hydrogens (tertiary/aromatic N) is 4. The second kappa shape index (κ2) is 9.63. The highest BCUT2D eigenvalue weighted by atomic mass is 19.1. The highest BCUT2D eigenvalue weighted by Crippen LogP contribution is 2.58. The third-order valence-corrected chi connectivity index (χ3v) is 8.82. The summed E-state index contributed by atoms with van der Waals surface area (Å²) < 4.78 is 16.5. The van der Waals surface area contributed by atoms with Crippen molar-refractivity contribution < 1.29 is 9.18 Å². The first-order valence-corrected chi connectivity index (χ1v) is 13.7. The molecule has 0 radical (unpaired) electrons. The maximum Gasteiger partial charge on any atom is 0.276 e. The number of carbonyl (C=O) groups is 1. The van der Waals surface area contributed by atoms with Gasteiger partial charge < -0.3 is 9.80 Å². The zero-order valence-corrected chi connectivity index (χ0v) is 22.7. The first-order chi connectivity index (χ1) is 18.8. The number of halogens is 1. The summed E-state index contributed by atoms with van der Waals surface area (Å²) >= 11 is 0. The van der Waals surface area contributed by atoms with Crippen molar-refractivity contribution in [3.8, 4) is 5.69 Å². The van der Waals surface area contributed by atoms with Gasteiger partial charge in [0.25, 0.3) is 5.91 Å². The Kier molecular flexibility index (Phi) is 6.25. The minimum Gasteiger partial charge on any atom is -0.357 e. The molecular weight excluding hydrogens is 489 g/mol. The van der Waals surface area contributed by atoms with E-state index in [4.69, 9.17) is 5.41 Å². The van der Waals surface area contributed by atoms with Crippen LogP contribution in [-0.2, 0) is 0 Å². The van der Waals surface area contributed by atoms with Crippen molar-refractivity contribution in [1.29, 1.82) is 5.41 Å². The summed E-state index contributed by atoms with van der Waals surface area (Å²) in [6.07, 6.45) is 4.89. The van der Waals surface area contributed by atoms with Gasteiger partial charge >= 0.3 is 0 Å². The van der Waals surface area contributed by atoms with E-state index in [0.29, 0.717) is 22.6 Å². The molecule has 2 aliphatic rings. The fourth-order valence-corrected chi connectivity index (χ4v) is 6.20. The molecule has 1 saturated carbocycles. The van der Waals surface area contributed by atoms with Crippen LogP contribution in [-0.4, -0.2) is 46.6 Å². The standard InChI is InChI=1S/C32H34FN5O/c1-21-20-32(21)13-6-15-37(16-14-32)30(34)23-9-11-26(12-10-23)36(3)31(39)29-17-22(2)35-38(29)28-19-25-8-5-4-7-24(25)18-27(28)33/h4-5,7-12,17-19,21,34H,6,13-16,20H2,1-3H3. The molecule has 2 atom stereocenters. The Labute approximate surface area is 228 Å². The van der Waals surface area contributed by atoms with E-state index in [2.05, 4.69) is 16.9 Å². The van der Waals surface area contributed by atoms with Crippen LogP contribution in [0.5, 0.6) is 0 Å². The van der Waals surface area contributed by atoms with Gasteiger partial charge in [0.05, 0.1) is 5.69 Å². The predicted molar refractivity (Wildman–Crippen MR) is 153 cm³/mol. The number of benzene rings is 3. The maximum absolute atomic E-state index is 15.1. The fourth-order valence-electron chi connectivity index (χ4n) is 6.20. The predicted octanol–water partition coefficient (Wildman–Crippen LogP) is 6.59. The average Bonchev–Trinajstić information content (AvgIpc) is 3.50. The van der Waals surface area contributed by atoms with Crippen molar-refractivity contribution in [2.24, 2.45) is 11.3 Å². The average molecular weight is 524 g/mol. The van der Waals surface area contributed by atoms with Crippen molar-refractivity contribution in [3.63, 3.8) is 0 Å². The Morgan fingerprint density at radius 2 is 1.74 bits per heavy atom. The van der Waals surface area contributed by atoms with Crippen LogP contribution in [0.3, 0.4) is 0 Å². The lowest BCUT2D eigenvalue weighted by Gasteiger charge is -2.24. The molecule has 3 aromatic carbocycles. The highest BCUT2D eigenvalue weighted by Gasteiger charge is 2.50. The van der Waals surface area contributed by atoms with Crippen LogP contribution in [0.2, 0.25) is 0 Å². The van der Waals surface area contributed by atoms with E-state index in [9.17, 15) is 4.79 Å². The second-order valence-corrected chi connectivity index (χ2v) is 11.3. The van der Waals surface area contributed by atoms with Crippen LogP contribution >= 0.6 is 0 Å². The molecule has 0 bridgehead atoms. The number of aromatic nitrogens is 2. The highest BCUT2D eigenvalue weighted by molar-refractivity contribution is 6.05. The van der Waals surface area contributed by atoms with E-state index in [-0.39, 0.29) is 17.3 Å². The van der Waals surface area contributed by atoms with Gasteiger partial charge in [-0.2, -0.15) is 5.10 Å². The molecule has 200 valence electrons. The molecule has 6 rings (SSSR count). The number of amidine groups is 1. The van der Waals surface area contributed by atoms with E-state index < -0.39 is 5.82 Å². The molecule has 39 heavy (non-hydrogen) atoms. The normalized spacial score (nSPS) is 20.7. The topological polar surface area (TPSA) is 65.2 Å². The van der Waals surface area contributed by atoms with Gasteiger partial charge in [-0.25, -0.2) is 9.07 Å². The number of hydrogen-bond donors (Lipinski definition) is 1. The Hall–Kier alpha value is -4.00. The Morgan fingerprint density at radius 3 is 2.44 bits per heavy atom. The van der Waals surface area contributed by atoms with Crippen molar-refractivity contribution in [1.82, 2.24) is 14.7 Å². The molecule has 1 spiro atoms.